The second kappa shape index (κ2) is 23.8. The number of benzene rings is 3. The van der Waals surface area contributed by atoms with Crippen LogP contribution in [0.4, 0.5) is 0 Å². The molecule has 9 N–H and O–H groups in total. The number of phenolic OH excluding ortho intramolecular Hbond substituents is 2. The van der Waals surface area contributed by atoms with Crippen LogP contribution < -0.4 is 27.0 Å². The Hall–Kier alpha value is -5.89. The van der Waals surface area contributed by atoms with Crippen LogP contribution in [0.25, 0.3) is 0 Å². The van der Waals surface area contributed by atoms with Crippen molar-refractivity contribution in [2.45, 2.75) is 89.4 Å². The van der Waals surface area contributed by atoms with Crippen LogP contribution in [0.15, 0.2) is 95.5 Å². The van der Waals surface area contributed by atoms with Gasteiger partial charge in [-0.15, -0.1) is 0 Å². The topological polar surface area (TPSA) is 225 Å². The molecule has 0 radical (unpaired) electrons. The zero-order valence-corrected chi connectivity index (χ0v) is 32.4. The lowest BCUT2D eigenvalue weighted by Crippen LogP contribution is -2.54. The highest BCUT2D eigenvalue weighted by molar-refractivity contribution is 5.88. The molecule has 0 fully saturated rings. The third kappa shape index (κ3) is 17.1. The first kappa shape index (κ1) is 44.5. The number of carbonyl (C=O) groups excluding carboxylic acids is 4. The van der Waals surface area contributed by atoms with E-state index >= 15 is 0 Å². The Kier molecular flexibility index (Phi) is 18.9. The summed E-state index contributed by atoms with van der Waals surface area (Å²) in [5.74, 6) is -1.74. The molecule has 0 heterocycles. The summed E-state index contributed by atoms with van der Waals surface area (Å²) in [6, 6.07) is 19.1. The number of aromatic hydroxyl groups is 2. The van der Waals surface area contributed by atoms with Gasteiger partial charge in [-0.1, -0.05) is 66.2 Å². The maximum atomic E-state index is 13.9. The molecule has 3 rings (SSSR count). The minimum Gasteiger partial charge on any atom is -0.508 e. The number of esters is 1. The number of nitrogens with zero attached hydrogens (tertiary/aromatic N) is 1. The minimum absolute atomic E-state index is 0.0518. The molecule has 0 unspecified atom stereocenters. The van der Waals surface area contributed by atoms with Gasteiger partial charge in [-0.2, -0.15) is 0 Å². The van der Waals surface area contributed by atoms with Crippen molar-refractivity contribution in [3.63, 3.8) is 0 Å². The third-order valence-corrected chi connectivity index (χ3v) is 8.88. The van der Waals surface area contributed by atoms with Crippen molar-refractivity contribution in [1.29, 1.82) is 0 Å². The fourth-order valence-electron chi connectivity index (χ4n) is 5.78. The largest absolute Gasteiger partial charge is 0.508 e. The Balaban J connectivity index is 1.73. The van der Waals surface area contributed by atoms with Gasteiger partial charge in [0.05, 0.1) is 32.2 Å². The average molecular weight is 773 g/mol. The van der Waals surface area contributed by atoms with Crippen LogP contribution in [0.2, 0.25) is 0 Å². The van der Waals surface area contributed by atoms with E-state index in [-0.39, 0.29) is 49.0 Å². The normalized spacial score (nSPS) is 13.3. The number of hydrogen-bond donors (Lipinski definition) is 8. The fraction of sp³-hybridized carbons (Fsp3) is 0.405. The van der Waals surface area contributed by atoms with Gasteiger partial charge >= 0.3 is 5.97 Å². The second-order valence-electron chi connectivity index (χ2n) is 13.8. The van der Waals surface area contributed by atoms with Crippen LogP contribution in [-0.2, 0) is 43.2 Å². The van der Waals surface area contributed by atoms with E-state index in [0.29, 0.717) is 37.9 Å². The summed E-state index contributed by atoms with van der Waals surface area (Å²) in [4.78, 5) is 57.2. The summed E-state index contributed by atoms with van der Waals surface area (Å²) in [6.07, 6.45) is 2.27. The minimum atomic E-state index is -1.38. The number of rotatable bonds is 22. The molecule has 56 heavy (non-hydrogen) atoms. The van der Waals surface area contributed by atoms with Crippen LogP contribution in [0.3, 0.4) is 0 Å². The number of nitrogens with one attached hydrogen (secondary N) is 4. The van der Waals surface area contributed by atoms with Crippen molar-refractivity contribution in [2.24, 2.45) is 10.7 Å². The molecule has 0 saturated heterocycles. The predicted octanol–water partition coefficient (Wildman–Crippen LogP) is 2.94. The molecule has 3 aromatic rings. The van der Waals surface area contributed by atoms with Gasteiger partial charge in [-0.05, 0) is 86.9 Å². The first-order chi connectivity index (χ1) is 26.8. The Morgan fingerprint density at radius 1 is 0.786 bits per heavy atom. The molecule has 14 nitrogen and oxygen atoms in total. The fourth-order valence-corrected chi connectivity index (χ4v) is 5.78. The number of ether oxygens (including phenoxy) is 1. The van der Waals surface area contributed by atoms with Gasteiger partial charge in [-0.25, -0.2) is 9.79 Å². The number of nitrogens with two attached hydrogens (primary N) is 1. The Morgan fingerprint density at radius 2 is 1.39 bits per heavy atom. The van der Waals surface area contributed by atoms with Gasteiger partial charge < -0.3 is 47.1 Å². The van der Waals surface area contributed by atoms with Crippen LogP contribution >= 0.6 is 0 Å². The van der Waals surface area contributed by atoms with E-state index in [2.05, 4.69) is 26.3 Å². The van der Waals surface area contributed by atoms with E-state index in [1.807, 2.05) is 50.3 Å². The highest BCUT2D eigenvalue weighted by Gasteiger charge is 2.30. The smallest absolute Gasteiger partial charge is 0.328 e. The zero-order chi connectivity index (χ0) is 40.9. The molecule has 4 atom stereocenters. The number of carbonyl (C=O) groups is 4. The number of aliphatic hydroxyl groups excluding tert-OH is 1. The summed E-state index contributed by atoms with van der Waals surface area (Å²) in [5.41, 5.74) is 9.51. The van der Waals surface area contributed by atoms with Crippen molar-refractivity contribution in [3.05, 3.63) is 107 Å². The van der Waals surface area contributed by atoms with Crippen molar-refractivity contribution in [2.75, 3.05) is 20.2 Å². The van der Waals surface area contributed by atoms with E-state index in [0.717, 1.165) is 16.7 Å². The van der Waals surface area contributed by atoms with Crippen molar-refractivity contribution >= 4 is 29.7 Å². The lowest BCUT2D eigenvalue weighted by Gasteiger charge is -2.27. The summed E-state index contributed by atoms with van der Waals surface area (Å²) >= 11 is 0. The summed E-state index contributed by atoms with van der Waals surface area (Å²) < 4.78 is 4.90. The molecule has 0 aliphatic carbocycles. The van der Waals surface area contributed by atoms with Crippen LogP contribution in [0.1, 0.15) is 62.6 Å². The lowest BCUT2D eigenvalue weighted by atomic mass is 9.97. The number of guanidine groups is 1. The van der Waals surface area contributed by atoms with Gasteiger partial charge in [-0.3, -0.25) is 14.4 Å². The molecule has 0 aliphatic rings. The molecule has 0 aliphatic heterocycles. The number of aliphatic hydroxyl groups is 1. The maximum absolute atomic E-state index is 13.9. The van der Waals surface area contributed by atoms with Crippen molar-refractivity contribution < 1.29 is 39.2 Å². The molecular weight excluding hydrogens is 716 g/mol. The molecule has 0 saturated carbocycles. The van der Waals surface area contributed by atoms with Gasteiger partial charge in [0.25, 0.3) is 0 Å². The summed E-state index contributed by atoms with van der Waals surface area (Å²) in [5, 5.41) is 42.0. The number of aryl methyl sites for hydroxylation is 1. The second-order valence-corrected chi connectivity index (χ2v) is 13.8. The molecule has 14 heteroatoms. The number of methoxy groups -OCH3 is 1. The molecule has 0 spiro atoms. The standard InChI is InChI=1S/C42H56N6O8/c1-28(2)22-24-45-42(43)44-23-8-12-34(46-38(52)13-7-11-29-14-18-32(49)19-15-29)40(54)48-35(25-30-9-5-4-6-10-30)37(51)27-39(53)47-36(41(55)56-3)26-31-16-20-33(50)21-17-31/h4-6,9-10,14-22,34-37,49-51H,7-8,11-13,23-27H2,1-3H3,(H,46,52)(H,47,53)(H,48,54)(H3,43,44,45)/t34-,35+,36+,37+/m1/s1. The molecule has 302 valence electrons. The Bertz CT molecular complexity index is 1740. The first-order valence-electron chi connectivity index (χ1n) is 18.7. The van der Waals surface area contributed by atoms with Gasteiger partial charge in [0.2, 0.25) is 17.7 Å². The van der Waals surface area contributed by atoms with Gasteiger partial charge in [0, 0.05) is 19.4 Å². The lowest BCUT2D eigenvalue weighted by molar-refractivity contribution is -0.145. The third-order valence-electron chi connectivity index (χ3n) is 8.88. The van der Waals surface area contributed by atoms with Crippen LogP contribution in [-0.4, -0.2) is 89.4 Å². The molecule has 0 bridgehead atoms. The highest BCUT2D eigenvalue weighted by Crippen LogP contribution is 2.15. The Morgan fingerprint density at radius 3 is 2.02 bits per heavy atom. The average Bonchev–Trinajstić information content (AvgIpc) is 3.17. The maximum Gasteiger partial charge on any atom is 0.328 e. The van der Waals surface area contributed by atoms with Gasteiger partial charge in [0.1, 0.15) is 23.6 Å². The number of hydrogen-bond acceptors (Lipinski definition) is 9. The van der Waals surface area contributed by atoms with E-state index in [1.54, 1.807) is 36.4 Å². The Labute approximate surface area is 328 Å². The van der Waals surface area contributed by atoms with Gasteiger partial charge in [0.15, 0.2) is 5.96 Å². The van der Waals surface area contributed by atoms with Crippen molar-refractivity contribution in [1.82, 2.24) is 21.3 Å². The number of aliphatic imine (C=N–C) groups is 1. The molecule has 3 aromatic carbocycles. The summed E-state index contributed by atoms with van der Waals surface area (Å²) in [7, 11) is 1.20. The predicted molar refractivity (Wildman–Crippen MR) is 215 cm³/mol. The molecule has 0 aromatic heterocycles. The van der Waals surface area contributed by atoms with Crippen LogP contribution in [0.5, 0.6) is 11.5 Å². The SMILES string of the molecule is COC(=O)[C@H](Cc1ccc(O)cc1)NC(=O)C[C@H](O)[C@H](Cc1ccccc1)NC(=O)[C@@H](CCCNC(N)=NCC=C(C)C)NC(=O)CCCc1ccc(O)cc1. The highest BCUT2D eigenvalue weighted by atomic mass is 16.5. The number of phenols is 2. The first-order valence-corrected chi connectivity index (χ1v) is 18.7. The van der Waals surface area contributed by atoms with Crippen molar-refractivity contribution in [3.8, 4) is 11.5 Å². The number of allylic oxidation sites excluding steroid dienone is 1. The summed E-state index contributed by atoms with van der Waals surface area (Å²) in [6.45, 7) is 4.74. The molecule has 3 amide bonds. The van der Waals surface area contributed by atoms with E-state index < -0.39 is 48.4 Å². The monoisotopic (exact) mass is 772 g/mol. The van der Waals surface area contributed by atoms with E-state index in [4.69, 9.17) is 10.5 Å². The van der Waals surface area contributed by atoms with Crippen LogP contribution in [0, 0.1) is 0 Å². The number of amides is 3. The van der Waals surface area contributed by atoms with E-state index in [9.17, 15) is 34.5 Å². The quantitative estimate of drug-likeness (QED) is 0.0245. The molecular formula is C42H56N6O8. The van der Waals surface area contributed by atoms with E-state index in [1.165, 1.54) is 19.2 Å². The zero-order valence-electron chi connectivity index (χ0n) is 32.4.